The van der Waals surface area contributed by atoms with Crippen LogP contribution >= 0.6 is 24.8 Å². The van der Waals surface area contributed by atoms with Crippen LogP contribution in [0.25, 0.3) is 0 Å². The summed E-state index contributed by atoms with van der Waals surface area (Å²) in [6, 6.07) is 0. The van der Waals surface area contributed by atoms with Crippen LogP contribution < -0.4 is 10.0 Å². The maximum absolute atomic E-state index is 11.7. The van der Waals surface area contributed by atoms with E-state index in [1.807, 2.05) is 0 Å². The van der Waals surface area contributed by atoms with E-state index < -0.39 is 15.3 Å². The Morgan fingerprint density at radius 1 is 1.32 bits per heavy atom. The van der Waals surface area contributed by atoms with Gasteiger partial charge in [0.05, 0.1) is 11.9 Å². The van der Waals surface area contributed by atoms with Gasteiger partial charge < -0.3 is 10.1 Å². The SMILES string of the molecule is COCC(C)S(=O)(=O)NCCN1CCNCC1.Cl.Cl. The molecule has 1 heterocycles. The van der Waals surface area contributed by atoms with E-state index in [0.29, 0.717) is 6.54 Å². The van der Waals surface area contributed by atoms with Crippen LogP contribution in [0, 0.1) is 0 Å². The minimum Gasteiger partial charge on any atom is -0.383 e. The largest absolute Gasteiger partial charge is 0.383 e. The first-order valence-electron chi connectivity index (χ1n) is 5.97. The number of hydrogen-bond acceptors (Lipinski definition) is 5. The highest BCUT2D eigenvalue weighted by Crippen LogP contribution is 1.98. The third kappa shape index (κ3) is 8.29. The van der Waals surface area contributed by atoms with Crippen molar-refractivity contribution in [1.82, 2.24) is 14.9 Å². The molecule has 0 aliphatic carbocycles. The van der Waals surface area contributed by atoms with Gasteiger partial charge in [-0.2, -0.15) is 0 Å². The van der Waals surface area contributed by atoms with Crippen molar-refractivity contribution in [1.29, 1.82) is 0 Å². The van der Waals surface area contributed by atoms with Gasteiger partial charge in [-0.3, -0.25) is 4.90 Å². The lowest BCUT2D eigenvalue weighted by molar-refractivity contribution is 0.200. The molecule has 1 fully saturated rings. The van der Waals surface area contributed by atoms with Crippen molar-refractivity contribution in [2.24, 2.45) is 0 Å². The highest BCUT2D eigenvalue weighted by molar-refractivity contribution is 7.90. The molecule has 118 valence electrons. The van der Waals surface area contributed by atoms with Gasteiger partial charge in [0.15, 0.2) is 0 Å². The van der Waals surface area contributed by atoms with Gasteiger partial charge in [0, 0.05) is 46.4 Å². The van der Waals surface area contributed by atoms with Gasteiger partial charge in [-0.1, -0.05) is 0 Å². The Hall–Kier alpha value is 0.370. The molecule has 0 bridgehead atoms. The lowest BCUT2D eigenvalue weighted by Crippen LogP contribution is -2.47. The summed E-state index contributed by atoms with van der Waals surface area (Å²) in [7, 11) is -1.73. The molecule has 6 nitrogen and oxygen atoms in total. The van der Waals surface area contributed by atoms with Crippen molar-refractivity contribution < 1.29 is 13.2 Å². The van der Waals surface area contributed by atoms with E-state index in [2.05, 4.69) is 14.9 Å². The molecule has 1 rings (SSSR count). The van der Waals surface area contributed by atoms with Crippen LogP contribution in [0.2, 0.25) is 0 Å². The molecule has 1 unspecified atom stereocenters. The van der Waals surface area contributed by atoms with E-state index in [-0.39, 0.29) is 31.4 Å². The van der Waals surface area contributed by atoms with Crippen LogP contribution in [0.4, 0.5) is 0 Å². The molecular formula is C10H25Cl2N3O3S. The number of halogens is 2. The van der Waals surface area contributed by atoms with Gasteiger partial charge in [-0.15, -0.1) is 24.8 Å². The van der Waals surface area contributed by atoms with Crippen LogP contribution in [-0.2, 0) is 14.8 Å². The number of piperazine rings is 1. The molecule has 0 aromatic rings. The quantitative estimate of drug-likeness (QED) is 0.666. The summed E-state index contributed by atoms with van der Waals surface area (Å²) in [5, 5.41) is 2.76. The zero-order chi connectivity index (χ0) is 12.7. The Morgan fingerprint density at radius 2 is 1.89 bits per heavy atom. The molecule has 0 spiro atoms. The molecule has 1 atom stereocenters. The third-order valence-electron chi connectivity index (χ3n) is 2.87. The fourth-order valence-electron chi connectivity index (χ4n) is 1.75. The maximum Gasteiger partial charge on any atom is 0.216 e. The fraction of sp³-hybridized carbons (Fsp3) is 1.00. The predicted octanol–water partition coefficient (Wildman–Crippen LogP) is -0.310. The summed E-state index contributed by atoms with van der Waals surface area (Å²) in [5.74, 6) is 0. The molecule has 1 saturated heterocycles. The zero-order valence-corrected chi connectivity index (χ0v) is 13.9. The first-order valence-corrected chi connectivity index (χ1v) is 7.51. The van der Waals surface area contributed by atoms with Crippen molar-refractivity contribution in [2.45, 2.75) is 12.2 Å². The topological polar surface area (TPSA) is 70.7 Å². The summed E-state index contributed by atoms with van der Waals surface area (Å²) >= 11 is 0. The van der Waals surface area contributed by atoms with Gasteiger partial charge in [-0.05, 0) is 6.92 Å². The molecule has 1 aliphatic heterocycles. The van der Waals surface area contributed by atoms with Crippen LogP contribution in [0.3, 0.4) is 0 Å². The highest BCUT2D eigenvalue weighted by Gasteiger charge is 2.20. The molecule has 19 heavy (non-hydrogen) atoms. The number of nitrogens with zero attached hydrogens (tertiary/aromatic N) is 1. The molecule has 9 heteroatoms. The standard InChI is InChI=1S/C10H23N3O3S.2ClH/c1-10(9-16-2)17(14,15)12-5-8-13-6-3-11-4-7-13;;/h10-12H,3-9H2,1-2H3;2*1H. The molecule has 2 N–H and O–H groups in total. The monoisotopic (exact) mass is 337 g/mol. The number of sulfonamides is 1. The second-order valence-corrected chi connectivity index (χ2v) is 6.48. The Kier molecular flexibility index (Phi) is 12.6. The molecule has 0 saturated carbocycles. The van der Waals surface area contributed by atoms with E-state index in [1.165, 1.54) is 7.11 Å². The molecule has 0 aromatic carbocycles. The lowest BCUT2D eigenvalue weighted by Gasteiger charge is -2.27. The Balaban J connectivity index is 0. The van der Waals surface area contributed by atoms with Crippen LogP contribution in [0.15, 0.2) is 0 Å². The average molecular weight is 338 g/mol. The summed E-state index contributed by atoms with van der Waals surface area (Å²) in [6.07, 6.45) is 0. The fourth-order valence-corrected chi connectivity index (χ4v) is 2.72. The maximum atomic E-state index is 11.7. The van der Waals surface area contributed by atoms with Crippen molar-refractivity contribution in [3.63, 3.8) is 0 Å². The predicted molar refractivity (Wildman–Crippen MR) is 82.1 cm³/mol. The van der Waals surface area contributed by atoms with E-state index in [9.17, 15) is 8.42 Å². The highest BCUT2D eigenvalue weighted by atomic mass is 35.5. The normalized spacial score (nSPS) is 18.2. The first-order chi connectivity index (χ1) is 8.06. The summed E-state index contributed by atoms with van der Waals surface area (Å²) in [6.45, 7) is 7.03. The molecular weight excluding hydrogens is 313 g/mol. The smallest absolute Gasteiger partial charge is 0.216 e. The molecule has 0 radical (unpaired) electrons. The van der Waals surface area contributed by atoms with Gasteiger partial charge in [-0.25, -0.2) is 13.1 Å². The Bertz CT molecular complexity index is 311. The Labute approximate surface area is 128 Å². The van der Waals surface area contributed by atoms with Gasteiger partial charge in [0.25, 0.3) is 0 Å². The third-order valence-corrected chi connectivity index (χ3v) is 4.67. The van der Waals surface area contributed by atoms with E-state index in [1.54, 1.807) is 6.92 Å². The summed E-state index contributed by atoms with van der Waals surface area (Å²) in [4.78, 5) is 2.25. The number of methoxy groups -OCH3 is 1. The van der Waals surface area contributed by atoms with E-state index in [4.69, 9.17) is 4.74 Å². The molecule has 0 amide bonds. The average Bonchev–Trinajstić information content (AvgIpc) is 2.30. The minimum atomic E-state index is -3.24. The second kappa shape index (κ2) is 11.1. The van der Waals surface area contributed by atoms with Crippen molar-refractivity contribution >= 4 is 34.8 Å². The molecule has 0 aromatic heterocycles. The lowest BCUT2D eigenvalue weighted by atomic mass is 10.3. The van der Waals surface area contributed by atoms with Gasteiger partial charge in [0.2, 0.25) is 10.0 Å². The van der Waals surface area contributed by atoms with Gasteiger partial charge in [0.1, 0.15) is 0 Å². The summed E-state index contributed by atoms with van der Waals surface area (Å²) < 4.78 is 30.9. The van der Waals surface area contributed by atoms with Crippen molar-refractivity contribution in [2.75, 3.05) is 53.0 Å². The van der Waals surface area contributed by atoms with Crippen molar-refractivity contribution in [3.05, 3.63) is 0 Å². The first kappa shape index (κ1) is 21.7. The molecule has 1 aliphatic rings. The van der Waals surface area contributed by atoms with Gasteiger partial charge >= 0.3 is 0 Å². The van der Waals surface area contributed by atoms with E-state index >= 15 is 0 Å². The Morgan fingerprint density at radius 3 is 2.42 bits per heavy atom. The van der Waals surface area contributed by atoms with E-state index in [0.717, 1.165) is 32.7 Å². The number of hydrogen-bond donors (Lipinski definition) is 2. The van der Waals surface area contributed by atoms with Crippen LogP contribution in [-0.4, -0.2) is 71.6 Å². The minimum absolute atomic E-state index is 0. The zero-order valence-electron chi connectivity index (χ0n) is 11.4. The number of nitrogens with one attached hydrogen (secondary N) is 2. The number of ether oxygens (including phenoxy) is 1. The van der Waals surface area contributed by atoms with Crippen molar-refractivity contribution in [3.8, 4) is 0 Å². The van der Waals surface area contributed by atoms with Crippen LogP contribution in [0.1, 0.15) is 6.92 Å². The second-order valence-electron chi connectivity index (χ2n) is 4.30. The number of rotatable bonds is 7. The summed E-state index contributed by atoms with van der Waals surface area (Å²) in [5.41, 5.74) is 0. The van der Waals surface area contributed by atoms with Crippen LogP contribution in [0.5, 0.6) is 0 Å².